The number of pyridine rings is 1. The number of nitrogens with zero attached hydrogens (tertiary/aromatic N) is 1. The molecule has 3 nitrogen and oxygen atoms in total. The molecule has 1 heterocycles. The second kappa shape index (κ2) is 8.58. The maximum absolute atomic E-state index is 6.87. The molecule has 1 fully saturated rings. The maximum Gasteiger partial charge on any atom is 0.0720 e. The number of hydrogen-bond donors (Lipinski definition) is 2. The van der Waals surface area contributed by atoms with Gasteiger partial charge in [0.05, 0.1) is 15.6 Å². The normalized spacial score (nSPS) is 22.2. The van der Waals surface area contributed by atoms with Crippen LogP contribution >= 0.6 is 46.4 Å². The van der Waals surface area contributed by atoms with E-state index in [1.165, 1.54) is 0 Å². The second-order valence-corrected chi connectivity index (χ2v) is 9.28. The molecule has 1 aliphatic rings. The standard InChI is InChI=1S/C22H21Cl4N3/c23-13-1-2-15-17(7-10-28-20(15)11-13)22(27)8-5-14(6-9-22)29-12-16-18(24)3-4-19(25)21(16)26/h1-4,7,10-11,14,29H,5-6,8-9,12,27H2. The van der Waals surface area contributed by atoms with Gasteiger partial charge in [-0.3, -0.25) is 4.98 Å². The minimum absolute atomic E-state index is 0.348. The van der Waals surface area contributed by atoms with Gasteiger partial charge in [0.15, 0.2) is 0 Å². The van der Waals surface area contributed by atoms with Gasteiger partial charge in [-0.05, 0) is 61.6 Å². The summed E-state index contributed by atoms with van der Waals surface area (Å²) in [7, 11) is 0. The molecule has 3 aromatic rings. The van der Waals surface area contributed by atoms with E-state index in [9.17, 15) is 0 Å². The molecule has 0 saturated heterocycles. The molecule has 0 atom stereocenters. The number of fused-ring (bicyclic) bond motifs is 1. The molecule has 0 aliphatic heterocycles. The third-order valence-corrected chi connectivity index (χ3v) is 7.26. The maximum atomic E-state index is 6.87. The summed E-state index contributed by atoms with van der Waals surface area (Å²) in [4.78, 5) is 4.44. The number of nitrogens with two attached hydrogens (primary N) is 1. The second-order valence-electron chi connectivity index (χ2n) is 7.65. The van der Waals surface area contributed by atoms with Gasteiger partial charge in [0, 0.05) is 45.3 Å². The fourth-order valence-corrected chi connectivity index (χ4v) is 4.99. The van der Waals surface area contributed by atoms with Gasteiger partial charge in [0.1, 0.15) is 0 Å². The number of hydrogen-bond acceptors (Lipinski definition) is 3. The smallest absolute Gasteiger partial charge is 0.0720 e. The lowest BCUT2D eigenvalue weighted by Gasteiger charge is -2.38. The zero-order valence-electron chi connectivity index (χ0n) is 15.7. The molecule has 3 N–H and O–H groups in total. The van der Waals surface area contributed by atoms with Gasteiger partial charge in [0.2, 0.25) is 0 Å². The molecule has 2 aromatic carbocycles. The third kappa shape index (κ3) is 4.36. The average Bonchev–Trinajstić information content (AvgIpc) is 2.71. The predicted octanol–water partition coefficient (Wildman–Crippen LogP) is 6.73. The number of benzene rings is 2. The number of aromatic nitrogens is 1. The minimum Gasteiger partial charge on any atom is -0.321 e. The van der Waals surface area contributed by atoms with Crippen LogP contribution in [0.3, 0.4) is 0 Å². The van der Waals surface area contributed by atoms with E-state index in [0.717, 1.165) is 47.7 Å². The molecule has 0 radical (unpaired) electrons. The van der Waals surface area contributed by atoms with Crippen molar-refractivity contribution >= 4 is 57.3 Å². The summed E-state index contributed by atoms with van der Waals surface area (Å²) in [5.41, 5.74) is 9.35. The summed E-state index contributed by atoms with van der Waals surface area (Å²) in [5.74, 6) is 0. The Labute approximate surface area is 190 Å². The molecule has 4 rings (SSSR count). The van der Waals surface area contributed by atoms with Gasteiger partial charge in [0.25, 0.3) is 0 Å². The number of nitrogens with one attached hydrogen (secondary N) is 1. The largest absolute Gasteiger partial charge is 0.321 e. The van der Waals surface area contributed by atoms with Crippen molar-refractivity contribution in [2.75, 3.05) is 0 Å². The van der Waals surface area contributed by atoms with E-state index in [0.29, 0.717) is 32.7 Å². The van der Waals surface area contributed by atoms with E-state index in [1.54, 1.807) is 12.1 Å². The molecule has 0 spiro atoms. The van der Waals surface area contributed by atoms with Gasteiger partial charge >= 0.3 is 0 Å². The quantitative estimate of drug-likeness (QED) is 0.417. The Bertz CT molecular complexity index is 1050. The molecule has 1 aromatic heterocycles. The molecule has 1 saturated carbocycles. The highest BCUT2D eigenvalue weighted by molar-refractivity contribution is 6.44. The van der Waals surface area contributed by atoms with Crippen LogP contribution in [0.15, 0.2) is 42.6 Å². The van der Waals surface area contributed by atoms with Crippen LogP contribution in [-0.2, 0) is 12.1 Å². The van der Waals surface area contributed by atoms with Gasteiger partial charge in [-0.25, -0.2) is 0 Å². The number of rotatable bonds is 4. The fraction of sp³-hybridized carbons (Fsp3) is 0.318. The first-order chi connectivity index (χ1) is 13.9. The lowest BCUT2D eigenvalue weighted by Crippen LogP contribution is -2.45. The minimum atomic E-state index is -0.376. The van der Waals surface area contributed by atoms with Crippen LogP contribution in [0.1, 0.15) is 36.8 Å². The first-order valence-corrected chi connectivity index (χ1v) is 11.1. The Morgan fingerprint density at radius 2 is 1.72 bits per heavy atom. The van der Waals surface area contributed by atoms with Crippen molar-refractivity contribution < 1.29 is 0 Å². The van der Waals surface area contributed by atoms with Crippen molar-refractivity contribution in [1.82, 2.24) is 10.3 Å². The molecule has 0 bridgehead atoms. The van der Waals surface area contributed by atoms with E-state index in [4.69, 9.17) is 52.1 Å². The van der Waals surface area contributed by atoms with Crippen LogP contribution in [0.5, 0.6) is 0 Å². The van der Waals surface area contributed by atoms with Crippen LogP contribution in [0.4, 0.5) is 0 Å². The molecule has 1 aliphatic carbocycles. The third-order valence-electron chi connectivity index (χ3n) is 5.83. The topological polar surface area (TPSA) is 50.9 Å². The van der Waals surface area contributed by atoms with Crippen molar-refractivity contribution in [3.63, 3.8) is 0 Å². The fourth-order valence-electron chi connectivity index (χ4n) is 4.14. The highest BCUT2D eigenvalue weighted by Crippen LogP contribution is 2.39. The summed E-state index contributed by atoms with van der Waals surface area (Å²) in [6.07, 6.45) is 5.50. The van der Waals surface area contributed by atoms with Gasteiger partial charge in [-0.1, -0.05) is 52.5 Å². The van der Waals surface area contributed by atoms with Crippen LogP contribution < -0.4 is 11.1 Å². The SMILES string of the molecule is NC1(c2ccnc3cc(Cl)ccc23)CCC(NCc2c(Cl)ccc(Cl)c2Cl)CC1. The van der Waals surface area contributed by atoms with Crippen molar-refractivity contribution in [2.45, 2.75) is 43.8 Å². The Morgan fingerprint density at radius 3 is 2.48 bits per heavy atom. The van der Waals surface area contributed by atoms with Crippen LogP contribution in [-0.4, -0.2) is 11.0 Å². The lowest BCUT2D eigenvalue weighted by molar-refractivity contribution is 0.252. The average molecular weight is 469 g/mol. The van der Waals surface area contributed by atoms with Crippen molar-refractivity contribution in [1.29, 1.82) is 0 Å². The van der Waals surface area contributed by atoms with Gasteiger partial charge in [-0.2, -0.15) is 0 Å². The van der Waals surface area contributed by atoms with E-state index in [-0.39, 0.29) is 5.54 Å². The summed E-state index contributed by atoms with van der Waals surface area (Å²) in [5, 5.41) is 6.97. The zero-order valence-corrected chi connectivity index (χ0v) is 18.7. The molecule has 152 valence electrons. The van der Waals surface area contributed by atoms with Gasteiger partial charge in [-0.15, -0.1) is 0 Å². The van der Waals surface area contributed by atoms with E-state index in [2.05, 4.69) is 10.3 Å². The predicted molar refractivity (Wildman–Crippen MR) is 123 cm³/mol. The van der Waals surface area contributed by atoms with Crippen molar-refractivity contribution in [3.8, 4) is 0 Å². The molecule has 0 amide bonds. The van der Waals surface area contributed by atoms with Crippen LogP contribution in [0.2, 0.25) is 20.1 Å². The monoisotopic (exact) mass is 467 g/mol. The zero-order chi connectivity index (χ0) is 20.6. The van der Waals surface area contributed by atoms with E-state index in [1.807, 2.05) is 30.5 Å². The lowest BCUT2D eigenvalue weighted by atomic mass is 9.74. The van der Waals surface area contributed by atoms with E-state index < -0.39 is 0 Å². The molecular formula is C22H21Cl4N3. The first-order valence-electron chi connectivity index (χ1n) is 9.57. The van der Waals surface area contributed by atoms with Crippen molar-refractivity contribution in [3.05, 3.63) is 73.8 Å². The summed E-state index contributed by atoms with van der Waals surface area (Å²) in [6, 6.07) is 11.7. The van der Waals surface area contributed by atoms with Crippen molar-refractivity contribution in [2.24, 2.45) is 5.73 Å². The Balaban J connectivity index is 1.46. The van der Waals surface area contributed by atoms with Crippen LogP contribution in [0.25, 0.3) is 10.9 Å². The summed E-state index contributed by atoms with van der Waals surface area (Å²) >= 11 is 24.9. The highest BCUT2D eigenvalue weighted by atomic mass is 35.5. The molecule has 29 heavy (non-hydrogen) atoms. The van der Waals surface area contributed by atoms with Crippen LogP contribution in [0, 0.1) is 0 Å². The number of halogens is 4. The van der Waals surface area contributed by atoms with E-state index >= 15 is 0 Å². The molecule has 7 heteroatoms. The first kappa shape index (κ1) is 21.2. The molecular weight excluding hydrogens is 448 g/mol. The Morgan fingerprint density at radius 1 is 1.00 bits per heavy atom. The Hall–Kier alpha value is -1.07. The Kier molecular flexibility index (Phi) is 6.27. The molecule has 0 unspecified atom stereocenters. The highest BCUT2D eigenvalue weighted by Gasteiger charge is 2.34. The van der Waals surface area contributed by atoms with Gasteiger partial charge < -0.3 is 11.1 Å². The summed E-state index contributed by atoms with van der Waals surface area (Å²) in [6.45, 7) is 0.581. The summed E-state index contributed by atoms with van der Waals surface area (Å²) < 4.78 is 0.